The maximum Gasteiger partial charge on any atom is 0.0367 e. The first-order valence-electron chi connectivity index (χ1n) is 7.46. The maximum atomic E-state index is 6.36. The summed E-state index contributed by atoms with van der Waals surface area (Å²) in [6, 6.07) is 2.49. The highest BCUT2D eigenvalue weighted by Crippen LogP contribution is 2.43. The molecular weight excluding hydrogens is 252 g/mol. The minimum Gasteiger partial charge on any atom is -0.350 e. The van der Waals surface area contributed by atoms with Crippen molar-refractivity contribution in [2.75, 3.05) is 5.75 Å². The van der Waals surface area contributed by atoms with Crippen molar-refractivity contribution >= 4 is 11.8 Å². The Morgan fingerprint density at radius 3 is 2.89 bits per heavy atom. The van der Waals surface area contributed by atoms with Crippen molar-refractivity contribution in [2.45, 2.75) is 63.8 Å². The summed E-state index contributed by atoms with van der Waals surface area (Å²) in [5.41, 5.74) is 9.59. The second-order valence-electron chi connectivity index (χ2n) is 7.40. The lowest BCUT2D eigenvalue weighted by Crippen LogP contribution is -2.32. The van der Waals surface area contributed by atoms with Gasteiger partial charge in [-0.15, -0.1) is 0 Å². The molecule has 0 aromatic carbocycles. The molecule has 2 heterocycles. The average Bonchev–Trinajstić information content (AvgIpc) is 2.86. The lowest BCUT2D eigenvalue weighted by atomic mass is 9.74. The predicted molar refractivity (Wildman–Crippen MR) is 83.6 cm³/mol. The first kappa shape index (κ1) is 13.6. The van der Waals surface area contributed by atoms with E-state index >= 15 is 0 Å². The molecular formula is C16H26N2S. The Kier molecular flexibility index (Phi) is 3.25. The highest BCUT2D eigenvalue weighted by atomic mass is 32.2. The van der Waals surface area contributed by atoms with Gasteiger partial charge in [-0.3, -0.25) is 0 Å². The second kappa shape index (κ2) is 4.56. The molecule has 106 valence electrons. The normalized spacial score (nSPS) is 33.4. The molecule has 1 saturated heterocycles. The molecule has 3 rings (SSSR count). The van der Waals surface area contributed by atoms with Crippen molar-refractivity contribution in [1.29, 1.82) is 0 Å². The molecule has 0 saturated carbocycles. The first-order chi connectivity index (χ1) is 8.89. The molecule has 2 atom stereocenters. The van der Waals surface area contributed by atoms with Crippen LogP contribution in [-0.2, 0) is 13.0 Å². The quantitative estimate of drug-likeness (QED) is 0.893. The van der Waals surface area contributed by atoms with Crippen molar-refractivity contribution in [2.24, 2.45) is 11.1 Å². The van der Waals surface area contributed by atoms with Crippen molar-refractivity contribution in [3.05, 3.63) is 23.5 Å². The molecule has 0 spiro atoms. The molecule has 0 radical (unpaired) electrons. The molecule has 19 heavy (non-hydrogen) atoms. The molecule has 2 nitrogen and oxygen atoms in total. The number of hydrogen-bond donors (Lipinski definition) is 1. The lowest BCUT2D eigenvalue weighted by Gasteiger charge is -2.35. The van der Waals surface area contributed by atoms with Crippen LogP contribution in [0.15, 0.2) is 12.3 Å². The number of thioether (sulfide) groups is 1. The van der Waals surface area contributed by atoms with E-state index in [0.717, 1.165) is 13.0 Å². The molecule has 2 N–H and O–H groups in total. The number of nitrogens with zero attached hydrogens (tertiary/aromatic N) is 1. The van der Waals surface area contributed by atoms with E-state index < -0.39 is 0 Å². The van der Waals surface area contributed by atoms with Crippen LogP contribution in [0.25, 0.3) is 0 Å². The predicted octanol–water partition coefficient (Wildman–Crippen LogP) is 3.75. The zero-order valence-electron chi connectivity index (χ0n) is 12.4. The Balaban J connectivity index is 1.88. The van der Waals surface area contributed by atoms with Gasteiger partial charge < -0.3 is 10.3 Å². The van der Waals surface area contributed by atoms with Crippen molar-refractivity contribution < 1.29 is 0 Å². The molecule has 0 bridgehead atoms. The first-order valence-corrected chi connectivity index (χ1v) is 8.45. The second-order valence-corrected chi connectivity index (χ2v) is 9.08. The molecule has 2 unspecified atom stereocenters. The molecule has 3 heteroatoms. The fraction of sp³-hybridized carbons (Fsp3) is 0.750. The van der Waals surface area contributed by atoms with E-state index in [1.807, 2.05) is 0 Å². The van der Waals surface area contributed by atoms with Gasteiger partial charge in [-0.2, -0.15) is 11.8 Å². The Hall–Kier alpha value is -0.410. The lowest BCUT2D eigenvalue weighted by molar-refractivity contribution is 0.273. The van der Waals surface area contributed by atoms with E-state index in [0.29, 0.717) is 10.2 Å². The van der Waals surface area contributed by atoms with Crippen LogP contribution < -0.4 is 5.73 Å². The number of rotatable bonds is 2. The van der Waals surface area contributed by atoms with E-state index in [2.05, 4.69) is 49.4 Å². The zero-order valence-corrected chi connectivity index (χ0v) is 13.2. The smallest absolute Gasteiger partial charge is 0.0367 e. The van der Waals surface area contributed by atoms with E-state index in [-0.39, 0.29) is 6.04 Å². The van der Waals surface area contributed by atoms with Gasteiger partial charge in [-0.1, -0.05) is 13.8 Å². The summed E-state index contributed by atoms with van der Waals surface area (Å²) in [6.45, 7) is 8.26. The summed E-state index contributed by atoms with van der Waals surface area (Å²) in [5, 5.41) is 0. The van der Waals surface area contributed by atoms with Gasteiger partial charge in [0.15, 0.2) is 0 Å². The number of fused-ring (bicyclic) bond motifs is 1. The summed E-state index contributed by atoms with van der Waals surface area (Å²) in [4.78, 5) is 0. The minimum atomic E-state index is 0.226. The third kappa shape index (κ3) is 2.59. The van der Waals surface area contributed by atoms with Gasteiger partial charge in [-0.05, 0) is 55.4 Å². The Labute approximate surface area is 121 Å². The molecule has 1 fully saturated rings. The van der Waals surface area contributed by atoms with E-state index in [9.17, 15) is 0 Å². The highest BCUT2D eigenvalue weighted by molar-refractivity contribution is 8.00. The molecule has 1 aromatic heterocycles. The summed E-state index contributed by atoms with van der Waals surface area (Å²) < 4.78 is 2.92. The Bertz CT molecular complexity index is 469. The summed E-state index contributed by atoms with van der Waals surface area (Å²) in [7, 11) is 0. The topological polar surface area (TPSA) is 30.9 Å². The summed E-state index contributed by atoms with van der Waals surface area (Å²) >= 11 is 2.14. The number of aromatic nitrogens is 1. The zero-order chi connectivity index (χ0) is 13.7. The van der Waals surface area contributed by atoms with Crippen LogP contribution in [0, 0.1) is 5.41 Å². The average molecular weight is 278 g/mol. The standard InChI is InChI=1S/C16H26N2S/c1-15(2)9-13(17)12-5-7-18(14(12)10-15)11-16(3)6-4-8-19-16/h5,7,13H,4,6,8-11,17H2,1-3H3. The largest absolute Gasteiger partial charge is 0.350 e. The van der Waals surface area contributed by atoms with Crippen molar-refractivity contribution in [3.8, 4) is 0 Å². The SMILES string of the molecule is CC1(C)Cc2c(ccn2CC2(C)CCCS2)C(N)C1. The van der Waals surface area contributed by atoms with Crippen LogP contribution in [-0.4, -0.2) is 15.1 Å². The van der Waals surface area contributed by atoms with Gasteiger partial charge in [0.1, 0.15) is 0 Å². The van der Waals surface area contributed by atoms with Crippen LogP contribution in [0.3, 0.4) is 0 Å². The number of nitrogens with two attached hydrogens (primary N) is 1. The summed E-state index contributed by atoms with van der Waals surface area (Å²) in [6.07, 6.45) is 7.27. The van der Waals surface area contributed by atoms with E-state index in [4.69, 9.17) is 5.73 Å². The molecule has 1 aliphatic carbocycles. The van der Waals surface area contributed by atoms with E-state index in [1.54, 1.807) is 0 Å². The van der Waals surface area contributed by atoms with E-state index in [1.165, 1.54) is 36.3 Å². The van der Waals surface area contributed by atoms with Gasteiger partial charge in [-0.25, -0.2) is 0 Å². The molecule has 1 aromatic rings. The fourth-order valence-corrected chi connectivity index (χ4v) is 5.06. The minimum absolute atomic E-state index is 0.226. The Morgan fingerprint density at radius 1 is 1.42 bits per heavy atom. The van der Waals surface area contributed by atoms with Crippen LogP contribution in [0.2, 0.25) is 0 Å². The van der Waals surface area contributed by atoms with Crippen molar-refractivity contribution in [3.63, 3.8) is 0 Å². The molecule has 0 amide bonds. The third-order valence-corrected chi connectivity index (χ3v) is 6.26. The van der Waals surface area contributed by atoms with Crippen LogP contribution >= 0.6 is 11.8 Å². The molecule has 2 aliphatic rings. The van der Waals surface area contributed by atoms with Crippen molar-refractivity contribution in [1.82, 2.24) is 4.57 Å². The monoisotopic (exact) mass is 278 g/mol. The van der Waals surface area contributed by atoms with Gasteiger partial charge in [0, 0.05) is 29.2 Å². The summed E-state index contributed by atoms with van der Waals surface area (Å²) in [5.74, 6) is 1.32. The maximum absolute atomic E-state index is 6.36. The van der Waals surface area contributed by atoms with Gasteiger partial charge in [0.05, 0.1) is 0 Å². The van der Waals surface area contributed by atoms with Crippen LogP contribution in [0.5, 0.6) is 0 Å². The van der Waals surface area contributed by atoms with Gasteiger partial charge in [0.25, 0.3) is 0 Å². The van der Waals surface area contributed by atoms with Crippen LogP contribution in [0.4, 0.5) is 0 Å². The highest BCUT2D eigenvalue weighted by Gasteiger charge is 2.35. The number of hydrogen-bond acceptors (Lipinski definition) is 2. The third-order valence-electron chi connectivity index (χ3n) is 4.74. The van der Waals surface area contributed by atoms with Gasteiger partial charge in [0.2, 0.25) is 0 Å². The Morgan fingerprint density at radius 2 is 2.21 bits per heavy atom. The van der Waals surface area contributed by atoms with Crippen LogP contribution in [0.1, 0.15) is 57.3 Å². The molecule has 1 aliphatic heterocycles. The fourth-order valence-electron chi connectivity index (χ4n) is 3.76. The van der Waals surface area contributed by atoms with Gasteiger partial charge >= 0.3 is 0 Å².